The van der Waals surface area contributed by atoms with Crippen LogP contribution in [0, 0.1) is 11.3 Å². The second-order valence-electron chi connectivity index (χ2n) is 0.747. The molecule has 0 heterocycles. The second kappa shape index (κ2) is 4.70. The third-order valence-corrected chi connectivity index (χ3v) is 0.322. The van der Waals surface area contributed by atoms with Crippen LogP contribution in [0.1, 0.15) is 0 Å². The van der Waals surface area contributed by atoms with E-state index >= 15 is 0 Å². The van der Waals surface area contributed by atoms with Gasteiger partial charge in [0.15, 0.2) is 0 Å². The second-order valence-corrected chi connectivity index (χ2v) is 0.747. The van der Waals surface area contributed by atoms with Crippen LogP contribution in [0.5, 0.6) is 0 Å². The molecule has 3 heteroatoms. The number of carbonyl (C=O) groups is 1. The Labute approximate surface area is 41.2 Å². The maximum absolute atomic E-state index is 9.41. The number of hydrogen-bond donors (Lipinski definition) is 1. The Balaban J connectivity index is 3.14. The predicted molar refractivity (Wildman–Crippen MR) is 24.0 cm³/mol. The van der Waals surface area contributed by atoms with Crippen LogP contribution in [0.15, 0.2) is 12.3 Å². The molecule has 0 bridgehead atoms. The molecule has 1 N–H and O–H groups in total. The fourth-order valence-electron chi connectivity index (χ4n) is 0.125. The first-order valence-electron chi connectivity index (χ1n) is 1.66. The lowest BCUT2D eigenvalue weighted by Crippen LogP contribution is -1.97. The SMILES string of the molecule is N#CC=CNC=O. The molecule has 0 saturated carbocycles. The van der Waals surface area contributed by atoms with Crippen molar-refractivity contribution in [2.24, 2.45) is 0 Å². The van der Waals surface area contributed by atoms with Crippen LogP contribution in [-0.4, -0.2) is 6.41 Å². The van der Waals surface area contributed by atoms with Crippen LogP contribution >= 0.6 is 0 Å². The molecule has 7 heavy (non-hydrogen) atoms. The summed E-state index contributed by atoms with van der Waals surface area (Å²) in [6.07, 6.45) is 2.93. The Morgan fingerprint density at radius 2 is 2.43 bits per heavy atom. The van der Waals surface area contributed by atoms with Crippen LogP contribution in [0.2, 0.25) is 0 Å². The van der Waals surface area contributed by atoms with Gasteiger partial charge in [-0.25, -0.2) is 0 Å². The van der Waals surface area contributed by atoms with E-state index in [1.165, 1.54) is 12.3 Å². The summed E-state index contributed by atoms with van der Waals surface area (Å²) < 4.78 is 0. The third kappa shape index (κ3) is 4.70. The molecule has 0 saturated heterocycles. The number of amides is 1. The zero-order valence-electron chi connectivity index (χ0n) is 3.59. The zero-order valence-corrected chi connectivity index (χ0v) is 3.59. The molecule has 0 spiro atoms. The average molecular weight is 96.1 g/mol. The van der Waals surface area contributed by atoms with Crippen molar-refractivity contribution in [2.45, 2.75) is 0 Å². The number of nitriles is 1. The van der Waals surface area contributed by atoms with Gasteiger partial charge < -0.3 is 5.32 Å². The molecule has 0 unspecified atom stereocenters. The summed E-state index contributed by atoms with van der Waals surface area (Å²) >= 11 is 0. The van der Waals surface area contributed by atoms with Gasteiger partial charge in [0, 0.05) is 12.3 Å². The van der Waals surface area contributed by atoms with E-state index in [1.807, 2.05) is 0 Å². The molecule has 0 atom stereocenters. The summed E-state index contributed by atoms with van der Waals surface area (Å²) in [7, 11) is 0. The van der Waals surface area contributed by atoms with Crippen molar-refractivity contribution in [3.8, 4) is 6.07 Å². The zero-order chi connectivity index (χ0) is 5.54. The summed E-state index contributed by atoms with van der Waals surface area (Å²) in [6.45, 7) is 0. The monoisotopic (exact) mass is 96.0 g/mol. The average Bonchev–Trinajstić information content (AvgIpc) is 1.69. The first-order chi connectivity index (χ1) is 3.41. The highest BCUT2D eigenvalue weighted by atomic mass is 16.1. The number of carbonyl (C=O) groups excluding carboxylic acids is 1. The van der Waals surface area contributed by atoms with Gasteiger partial charge in [-0.1, -0.05) is 0 Å². The van der Waals surface area contributed by atoms with Gasteiger partial charge in [-0.3, -0.25) is 4.79 Å². The maximum atomic E-state index is 9.41. The fraction of sp³-hybridized carbons (Fsp3) is 0. The van der Waals surface area contributed by atoms with Gasteiger partial charge in [0.2, 0.25) is 6.41 Å². The molecule has 3 nitrogen and oxygen atoms in total. The Hall–Kier alpha value is -1.30. The molecule has 0 aliphatic heterocycles. The Bertz CT molecular complexity index is 111. The normalized spacial score (nSPS) is 7.86. The summed E-state index contributed by atoms with van der Waals surface area (Å²) in [5.41, 5.74) is 0. The summed E-state index contributed by atoms with van der Waals surface area (Å²) in [5, 5.41) is 9.97. The highest BCUT2D eigenvalue weighted by Crippen LogP contribution is 1.55. The maximum Gasteiger partial charge on any atom is 0.211 e. The topological polar surface area (TPSA) is 52.9 Å². The first-order valence-corrected chi connectivity index (χ1v) is 1.66. The molecular formula is C4H4N2O. The highest BCUT2D eigenvalue weighted by molar-refractivity contribution is 5.47. The minimum Gasteiger partial charge on any atom is -0.335 e. The van der Waals surface area contributed by atoms with Crippen LogP contribution < -0.4 is 5.32 Å². The van der Waals surface area contributed by atoms with E-state index in [2.05, 4.69) is 5.32 Å². The third-order valence-electron chi connectivity index (χ3n) is 0.322. The van der Waals surface area contributed by atoms with Crippen molar-refractivity contribution in [2.75, 3.05) is 0 Å². The lowest BCUT2D eigenvalue weighted by Gasteiger charge is -1.73. The van der Waals surface area contributed by atoms with Crippen LogP contribution in [-0.2, 0) is 4.79 Å². The number of rotatable bonds is 2. The minimum absolute atomic E-state index is 0.494. The van der Waals surface area contributed by atoms with Gasteiger partial charge in [-0.15, -0.1) is 0 Å². The molecular weight excluding hydrogens is 92.1 g/mol. The highest BCUT2D eigenvalue weighted by Gasteiger charge is 1.60. The molecule has 0 aliphatic rings. The first kappa shape index (κ1) is 5.70. The molecule has 0 aromatic carbocycles. The summed E-state index contributed by atoms with van der Waals surface area (Å²) in [5.74, 6) is 0. The molecule has 0 radical (unpaired) electrons. The Kier molecular flexibility index (Phi) is 3.83. The molecule has 0 aromatic heterocycles. The fourth-order valence-corrected chi connectivity index (χ4v) is 0.125. The lowest BCUT2D eigenvalue weighted by molar-refractivity contribution is -0.108. The van der Waals surface area contributed by atoms with Gasteiger partial charge in [0.05, 0.1) is 6.07 Å². The lowest BCUT2D eigenvalue weighted by atomic mass is 10.7. The van der Waals surface area contributed by atoms with E-state index in [0.29, 0.717) is 6.41 Å². The smallest absolute Gasteiger partial charge is 0.211 e. The van der Waals surface area contributed by atoms with E-state index < -0.39 is 0 Å². The van der Waals surface area contributed by atoms with E-state index in [4.69, 9.17) is 5.26 Å². The quantitative estimate of drug-likeness (QED) is 0.381. The largest absolute Gasteiger partial charge is 0.335 e. The van der Waals surface area contributed by atoms with Crippen molar-refractivity contribution in [1.29, 1.82) is 5.26 Å². The van der Waals surface area contributed by atoms with E-state index in [9.17, 15) is 4.79 Å². The van der Waals surface area contributed by atoms with E-state index in [0.717, 1.165) is 0 Å². The van der Waals surface area contributed by atoms with E-state index in [-0.39, 0.29) is 0 Å². The van der Waals surface area contributed by atoms with Crippen molar-refractivity contribution >= 4 is 6.41 Å². The Morgan fingerprint density at radius 1 is 1.71 bits per heavy atom. The van der Waals surface area contributed by atoms with Gasteiger partial charge >= 0.3 is 0 Å². The summed E-state index contributed by atoms with van der Waals surface area (Å²) in [6, 6.07) is 1.70. The molecule has 0 fully saturated rings. The van der Waals surface area contributed by atoms with Gasteiger partial charge in [-0.2, -0.15) is 5.26 Å². The molecule has 1 amide bonds. The number of allylic oxidation sites excluding steroid dienone is 1. The van der Waals surface area contributed by atoms with E-state index in [1.54, 1.807) is 6.07 Å². The van der Waals surface area contributed by atoms with Crippen LogP contribution in [0.25, 0.3) is 0 Å². The van der Waals surface area contributed by atoms with Gasteiger partial charge in [0.1, 0.15) is 0 Å². The summed E-state index contributed by atoms with van der Waals surface area (Å²) in [4.78, 5) is 9.41. The molecule has 36 valence electrons. The minimum atomic E-state index is 0.494. The Morgan fingerprint density at radius 3 is 2.86 bits per heavy atom. The number of nitrogens with zero attached hydrogens (tertiary/aromatic N) is 1. The molecule has 0 aromatic rings. The molecule has 0 rings (SSSR count). The van der Waals surface area contributed by atoms with Crippen molar-refractivity contribution < 1.29 is 4.79 Å². The van der Waals surface area contributed by atoms with Gasteiger partial charge in [0.25, 0.3) is 0 Å². The van der Waals surface area contributed by atoms with Crippen LogP contribution in [0.3, 0.4) is 0 Å². The van der Waals surface area contributed by atoms with Crippen LogP contribution in [0.4, 0.5) is 0 Å². The van der Waals surface area contributed by atoms with Crippen molar-refractivity contribution in [3.63, 3.8) is 0 Å². The standard InChI is InChI=1S/C4H4N2O/c5-2-1-3-6-4-7/h1,3-4H,(H,6,7). The van der Waals surface area contributed by atoms with Crippen molar-refractivity contribution in [1.82, 2.24) is 5.32 Å². The van der Waals surface area contributed by atoms with Crippen molar-refractivity contribution in [3.05, 3.63) is 12.3 Å². The number of hydrogen-bond acceptors (Lipinski definition) is 2. The molecule has 0 aliphatic carbocycles. The predicted octanol–water partition coefficient (Wildman–Crippen LogP) is -0.230. The number of nitrogens with one attached hydrogen (secondary N) is 1. The van der Waals surface area contributed by atoms with Gasteiger partial charge in [-0.05, 0) is 0 Å².